The lowest BCUT2D eigenvalue weighted by molar-refractivity contribution is 0.414. The molecule has 1 N–H and O–H groups in total. The molecule has 1 saturated carbocycles. The first-order valence-corrected chi connectivity index (χ1v) is 7.57. The van der Waals surface area contributed by atoms with Gasteiger partial charge in [-0.1, -0.05) is 5.21 Å². The summed E-state index contributed by atoms with van der Waals surface area (Å²) in [6.45, 7) is 0.303. The van der Waals surface area contributed by atoms with Gasteiger partial charge in [-0.2, -0.15) is 0 Å². The van der Waals surface area contributed by atoms with Crippen LogP contribution in [0.5, 0.6) is 0 Å². The molecule has 1 heterocycles. The van der Waals surface area contributed by atoms with E-state index >= 15 is 0 Å². The van der Waals surface area contributed by atoms with Crippen LogP contribution in [0.4, 0.5) is 0 Å². The maximum Gasteiger partial charge on any atom is 0.225 e. The number of nitrogens with zero attached hydrogens (tertiary/aromatic N) is 3. The minimum Gasteiger partial charge on any atom is -0.244 e. The van der Waals surface area contributed by atoms with Crippen molar-refractivity contribution < 1.29 is 8.42 Å². The highest BCUT2D eigenvalue weighted by Crippen LogP contribution is 2.42. The van der Waals surface area contributed by atoms with Gasteiger partial charge in [0.2, 0.25) is 10.0 Å². The zero-order valence-electron chi connectivity index (χ0n) is 8.23. The number of hydrogen-bond donors (Lipinski definition) is 1. The molecule has 9 heteroatoms. The Balaban J connectivity index is 2.05. The number of alkyl halides is 1. The van der Waals surface area contributed by atoms with Crippen LogP contribution in [0.25, 0.3) is 0 Å². The quantitative estimate of drug-likeness (QED) is 0.805. The lowest BCUT2D eigenvalue weighted by Crippen LogP contribution is -2.36. The molecular weight excluding hydrogens is 320 g/mol. The first kappa shape index (κ1) is 12.3. The standard InChI is InChI=1S/C7H10BrClN4O2S/c8-6-3-13(12-11-6)7(1-2-7)4-10-16(14,15)5-9/h3,10H,1-2,4-5H2. The van der Waals surface area contributed by atoms with E-state index in [1.807, 2.05) is 0 Å². The molecule has 2 rings (SSSR count). The van der Waals surface area contributed by atoms with Crippen molar-refractivity contribution in [2.75, 3.05) is 11.8 Å². The lowest BCUT2D eigenvalue weighted by Gasteiger charge is -2.15. The van der Waals surface area contributed by atoms with Crippen molar-refractivity contribution in [1.29, 1.82) is 0 Å². The van der Waals surface area contributed by atoms with Gasteiger partial charge in [-0.15, -0.1) is 16.7 Å². The number of hydrogen-bond acceptors (Lipinski definition) is 4. The summed E-state index contributed by atoms with van der Waals surface area (Å²) in [5.41, 5.74) is -0.266. The van der Waals surface area contributed by atoms with E-state index in [4.69, 9.17) is 11.6 Å². The van der Waals surface area contributed by atoms with Gasteiger partial charge >= 0.3 is 0 Å². The number of rotatable bonds is 5. The minimum absolute atomic E-state index is 0.266. The van der Waals surface area contributed by atoms with E-state index in [9.17, 15) is 8.42 Å². The zero-order valence-corrected chi connectivity index (χ0v) is 11.4. The average Bonchev–Trinajstić information content (AvgIpc) is 2.93. The van der Waals surface area contributed by atoms with Gasteiger partial charge in [0, 0.05) is 6.54 Å². The Morgan fingerprint density at radius 3 is 2.75 bits per heavy atom. The van der Waals surface area contributed by atoms with E-state index in [-0.39, 0.29) is 5.54 Å². The molecule has 1 aromatic rings. The third-order valence-corrected chi connectivity index (χ3v) is 4.64. The van der Waals surface area contributed by atoms with Crippen molar-refractivity contribution in [3.05, 3.63) is 10.8 Å². The van der Waals surface area contributed by atoms with E-state index in [1.165, 1.54) is 0 Å². The maximum atomic E-state index is 11.2. The van der Waals surface area contributed by atoms with Crippen molar-refractivity contribution in [2.45, 2.75) is 18.4 Å². The molecule has 0 spiro atoms. The maximum absolute atomic E-state index is 11.2. The van der Waals surface area contributed by atoms with Crippen LogP contribution in [0.2, 0.25) is 0 Å². The highest BCUT2D eigenvalue weighted by molar-refractivity contribution is 9.10. The lowest BCUT2D eigenvalue weighted by atomic mass is 10.3. The van der Waals surface area contributed by atoms with Crippen molar-refractivity contribution in [2.24, 2.45) is 0 Å². The van der Waals surface area contributed by atoms with Gasteiger partial charge < -0.3 is 0 Å². The number of nitrogens with one attached hydrogen (secondary N) is 1. The molecule has 1 aromatic heterocycles. The average molecular weight is 330 g/mol. The first-order chi connectivity index (χ1) is 7.47. The SMILES string of the molecule is O=S(=O)(CCl)NCC1(n2cc(Br)nn2)CC1. The topological polar surface area (TPSA) is 76.9 Å². The summed E-state index contributed by atoms with van der Waals surface area (Å²) in [6, 6.07) is 0. The predicted molar refractivity (Wildman–Crippen MR) is 62.6 cm³/mol. The summed E-state index contributed by atoms with van der Waals surface area (Å²) in [5, 5.41) is 7.32. The van der Waals surface area contributed by atoms with Crippen LogP contribution < -0.4 is 4.72 Å². The Kier molecular flexibility index (Phi) is 3.26. The molecular formula is C7H10BrClN4O2S. The van der Waals surface area contributed by atoms with Gasteiger partial charge in [0.05, 0.1) is 11.7 Å². The van der Waals surface area contributed by atoms with Crippen LogP contribution in [-0.2, 0) is 15.6 Å². The molecule has 1 aliphatic carbocycles. The Morgan fingerprint density at radius 1 is 1.62 bits per heavy atom. The molecule has 0 saturated heterocycles. The van der Waals surface area contributed by atoms with Crippen LogP contribution >= 0.6 is 27.5 Å². The van der Waals surface area contributed by atoms with Gasteiger partial charge in [-0.05, 0) is 28.8 Å². The van der Waals surface area contributed by atoms with Crippen molar-refractivity contribution in [3.63, 3.8) is 0 Å². The summed E-state index contributed by atoms with van der Waals surface area (Å²) in [7, 11) is -3.37. The van der Waals surface area contributed by atoms with E-state index < -0.39 is 15.2 Å². The fourth-order valence-corrected chi connectivity index (χ4v) is 2.45. The summed E-state index contributed by atoms with van der Waals surface area (Å²) in [4.78, 5) is 0. The van der Waals surface area contributed by atoms with Crippen LogP contribution in [0.1, 0.15) is 12.8 Å². The van der Waals surface area contributed by atoms with Crippen LogP contribution in [0, 0.1) is 0 Å². The second-order valence-electron chi connectivity index (χ2n) is 3.76. The Labute approximate surface area is 107 Å². The first-order valence-electron chi connectivity index (χ1n) is 4.59. The number of sulfonamides is 1. The normalized spacial score (nSPS) is 18.6. The van der Waals surface area contributed by atoms with Crippen molar-refractivity contribution in [1.82, 2.24) is 19.7 Å². The molecule has 0 aliphatic heterocycles. The summed E-state index contributed by atoms with van der Waals surface area (Å²) < 4.78 is 27.2. The van der Waals surface area contributed by atoms with Crippen LogP contribution in [0.15, 0.2) is 10.8 Å². The van der Waals surface area contributed by atoms with E-state index in [0.717, 1.165) is 12.8 Å². The van der Waals surface area contributed by atoms with E-state index in [1.54, 1.807) is 10.9 Å². The third-order valence-electron chi connectivity index (χ3n) is 2.54. The summed E-state index contributed by atoms with van der Waals surface area (Å²) in [5.74, 6) is 0. The fourth-order valence-electron chi connectivity index (χ4n) is 1.39. The highest BCUT2D eigenvalue weighted by Gasteiger charge is 2.46. The molecule has 0 bridgehead atoms. The second kappa shape index (κ2) is 4.25. The smallest absolute Gasteiger partial charge is 0.225 e. The molecule has 6 nitrogen and oxygen atoms in total. The number of halogens is 2. The van der Waals surface area contributed by atoms with Crippen molar-refractivity contribution in [3.8, 4) is 0 Å². The Morgan fingerprint density at radius 2 is 2.31 bits per heavy atom. The van der Waals surface area contributed by atoms with Crippen molar-refractivity contribution >= 4 is 37.6 Å². The second-order valence-corrected chi connectivity index (χ2v) is 6.96. The highest BCUT2D eigenvalue weighted by atomic mass is 79.9. The molecule has 0 unspecified atom stereocenters. The minimum atomic E-state index is -3.37. The Hall–Kier alpha value is -0.180. The molecule has 0 atom stereocenters. The van der Waals surface area contributed by atoms with E-state index in [0.29, 0.717) is 11.1 Å². The van der Waals surface area contributed by atoms with Gasteiger partial charge in [0.1, 0.15) is 9.82 Å². The van der Waals surface area contributed by atoms with Gasteiger partial charge in [-0.25, -0.2) is 17.8 Å². The van der Waals surface area contributed by atoms with Gasteiger partial charge in [0.25, 0.3) is 0 Å². The molecule has 0 amide bonds. The predicted octanol–water partition coefficient (Wildman–Crippen LogP) is 0.645. The van der Waals surface area contributed by atoms with Gasteiger partial charge in [-0.3, -0.25) is 0 Å². The molecule has 1 aliphatic rings. The van der Waals surface area contributed by atoms with Gasteiger partial charge in [0.15, 0.2) is 0 Å². The molecule has 0 aromatic carbocycles. The van der Waals surface area contributed by atoms with E-state index in [2.05, 4.69) is 31.0 Å². The van der Waals surface area contributed by atoms with Crippen LogP contribution in [0.3, 0.4) is 0 Å². The van der Waals surface area contributed by atoms with Crippen LogP contribution in [-0.4, -0.2) is 35.2 Å². The molecule has 90 valence electrons. The Bertz CT molecular complexity index is 484. The summed E-state index contributed by atoms with van der Waals surface area (Å²) >= 11 is 8.50. The molecule has 1 fully saturated rings. The molecule has 16 heavy (non-hydrogen) atoms. The number of aromatic nitrogens is 3. The monoisotopic (exact) mass is 328 g/mol. The summed E-state index contributed by atoms with van der Waals surface area (Å²) in [6.07, 6.45) is 3.50. The largest absolute Gasteiger partial charge is 0.244 e. The zero-order chi connectivity index (χ0) is 11.8. The molecule has 0 radical (unpaired) electrons. The fraction of sp³-hybridized carbons (Fsp3) is 0.714. The third kappa shape index (κ3) is 2.55.